The Morgan fingerprint density at radius 1 is 0.909 bits per heavy atom. The molecule has 1 aromatic heterocycles. The summed E-state index contributed by atoms with van der Waals surface area (Å²) in [5.74, 6) is 1.73. The van der Waals surface area contributed by atoms with Crippen LogP contribution in [0.3, 0.4) is 0 Å². The predicted molar refractivity (Wildman–Crippen MR) is 83.4 cm³/mol. The van der Waals surface area contributed by atoms with Gasteiger partial charge in [-0.25, -0.2) is 9.97 Å². The fourth-order valence-corrected chi connectivity index (χ4v) is 2.49. The van der Waals surface area contributed by atoms with Crippen LogP contribution in [0.1, 0.15) is 0 Å². The van der Waals surface area contributed by atoms with Gasteiger partial charge in [-0.05, 0) is 17.7 Å². The van der Waals surface area contributed by atoms with Crippen molar-refractivity contribution in [2.45, 2.75) is 0 Å². The van der Waals surface area contributed by atoms with Gasteiger partial charge in [0.2, 0.25) is 12.7 Å². The SMILES string of the molecule is Nc1ncc(-c2ccc3c(c2)OCO3)c(-c2ccccc2)n1. The number of anilines is 1. The zero-order valence-corrected chi connectivity index (χ0v) is 11.7. The number of rotatable bonds is 2. The molecule has 0 bridgehead atoms. The highest BCUT2D eigenvalue weighted by molar-refractivity contribution is 5.81. The van der Waals surface area contributed by atoms with E-state index >= 15 is 0 Å². The van der Waals surface area contributed by atoms with Gasteiger partial charge in [0, 0.05) is 17.3 Å². The van der Waals surface area contributed by atoms with Gasteiger partial charge in [-0.1, -0.05) is 36.4 Å². The van der Waals surface area contributed by atoms with E-state index in [2.05, 4.69) is 9.97 Å². The van der Waals surface area contributed by atoms with Crippen molar-refractivity contribution in [3.8, 4) is 33.9 Å². The third-order valence-electron chi connectivity index (χ3n) is 3.54. The first-order valence-corrected chi connectivity index (χ1v) is 6.89. The zero-order valence-electron chi connectivity index (χ0n) is 11.7. The molecule has 3 aromatic rings. The number of hydrogen-bond acceptors (Lipinski definition) is 5. The summed E-state index contributed by atoms with van der Waals surface area (Å²) in [4.78, 5) is 8.54. The number of nitrogens with two attached hydrogens (primary N) is 1. The van der Waals surface area contributed by atoms with Crippen molar-refractivity contribution in [1.82, 2.24) is 9.97 Å². The second-order valence-corrected chi connectivity index (χ2v) is 4.92. The molecule has 4 rings (SSSR count). The summed E-state index contributed by atoms with van der Waals surface area (Å²) in [6.07, 6.45) is 1.74. The van der Waals surface area contributed by atoms with Gasteiger partial charge >= 0.3 is 0 Å². The molecular formula is C17H13N3O2. The average Bonchev–Trinajstić information content (AvgIpc) is 3.03. The Morgan fingerprint density at radius 3 is 2.59 bits per heavy atom. The molecule has 0 spiro atoms. The van der Waals surface area contributed by atoms with Crippen molar-refractivity contribution < 1.29 is 9.47 Å². The van der Waals surface area contributed by atoms with Crippen LogP contribution >= 0.6 is 0 Å². The van der Waals surface area contributed by atoms with Gasteiger partial charge in [0.25, 0.3) is 0 Å². The van der Waals surface area contributed by atoms with Crippen molar-refractivity contribution >= 4 is 5.95 Å². The molecule has 5 nitrogen and oxygen atoms in total. The molecule has 108 valence electrons. The van der Waals surface area contributed by atoms with E-state index in [4.69, 9.17) is 15.2 Å². The second kappa shape index (κ2) is 5.04. The first-order valence-electron chi connectivity index (χ1n) is 6.89. The third-order valence-corrected chi connectivity index (χ3v) is 3.54. The van der Waals surface area contributed by atoms with Crippen molar-refractivity contribution in [3.05, 3.63) is 54.7 Å². The average molecular weight is 291 g/mol. The predicted octanol–water partition coefficient (Wildman–Crippen LogP) is 3.12. The monoisotopic (exact) mass is 291 g/mol. The van der Waals surface area contributed by atoms with Crippen LogP contribution in [-0.4, -0.2) is 16.8 Å². The van der Waals surface area contributed by atoms with Gasteiger partial charge in [-0.2, -0.15) is 0 Å². The van der Waals surface area contributed by atoms with E-state index in [-0.39, 0.29) is 12.7 Å². The van der Waals surface area contributed by atoms with Gasteiger partial charge in [-0.15, -0.1) is 0 Å². The molecule has 0 aliphatic carbocycles. The number of nitrogens with zero attached hydrogens (tertiary/aromatic N) is 2. The van der Waals surface area contributed by atoms with E-state index in [0.29, 0.717) is 0 Å². The number of hydrogen-bond donors (Lipinski definition) is 1. The lowest BCUT2D eigenvalue weighted by Crippen LogP contribution is -1.98. The molecule has 2 aromatic carbocycles. The van der Waals surface area contributed by atoms with E-state index < -0.39 is 0 Å². The Kier molecular flexibility index (Phi) is 2.89. The number of benzene rings is 2. The highest BCUT2D eigenvalue weighted by atomic mass is 16.7. The first kappa shape index (κ1) is 12.6. The molecule has 0 unspecified atom stereocenters. The van der Waals surface area contributed by atoms with Gasteiger partial charge in [0.15, 0.2) is 11.5 Å². The third kappa shape index (κ3) is 2.13. The fourth-order valence-electron chi connectivity index (χ4n) is 2.49. The molecule has 0 amide bonds. The number of aromatic nitrogens is 2. The van der Waals surface area contributed by atoms with E-state index in [1.54, 1.807) is 6.20 Å². The maximum atomic E-state index is 5.77. The Labute approximate surface area is 127 Å². The van der Waals surface area contributed by atoms with E-state index in [1.165, 1.54) is 0 Å². The van der Waals surface area contributed by atoms with Gasteiger partial charge < -0.3 is 15.2 Å². The normalized spacial score (nSPS) is 12.4. The molecule has 5 heteroatoms. The Morgan fingerprint density at radius 2 is 1.73 bits per heavy atom. The first-order chi connectivity index (χ1) is 10.8. The number of nitrogen functional groups attached to an aromatic ring is 1. The van der Waals surface area contributed by atoms with E-state index in [1.807, 2.05) is 48.5 Å². The van der Waals surface area contributed by atoms with Crippen LogP contribution < -0.4 is 15.2 Å². The topological polar surface area (TPSA) is 70.3 Å². The fraction of sp³-hybridized carbons (Fsp3) is 0.0588. The van der Waals surface area contributed by atoms with Crippen molar-refractivity contribution in [2.75, 3.05) is 12.5 Å². The van der Waals surface area contributed by atoms with E-state index in [9.17, 15) is 0 Å². The summed E-state index contributed by atoms with van der Waals surface area (Å²) >= 11 is 0. The highest BCUT2D eigenvalue weighted by Crippen LogP contribution is 2.38. The molecule has 0 radical (unpaired) electrons. The molecule has 0 fully saturated rings. The number of ether oxygens (including phenoxy) is 2. The summed E-state index contributed by atoms with van der Waals surface area (Å²) < 4.78 is 10.8. The summed E-state index contributed by atoms with van der Waals surface area (Å²) in [5.41, 5.74) is 9.42. The molecule has 2 N–H and O–H groups in total. The van der Waals surface area contributed by atoms with Gasteiger partial charge in [0.05, 0.1) is 5.69 Å². The molecule has 0 saturated carbocycles. The Bertz CT molecular complexity index is 835. The maximum absolute atomic E-state index is 5.77. The van der Waals surface area contributed by atoms with Crippen molar-refractivity contribution in [2.24, 2.45) is 0 Å². The molecule has 22 heavy (non-hydrogen) atoms. The standard InChI is InChI=1S/C17H13N3O2/c18-17-19-9-13(16(20-17)11-4-2-1-3-5-11)12-6-7-14-15(8-12)22-10-21-14/h1-9H,10H2,(H2,18,19,20). The molecule has 0 saturated heterocycles. The van der Waals surface area contributed by atoms with E-state index in [0.717, 1.165) is 33.9 Å². The minimum atomic E-state index is 0.253. The Balaban J connectivity index is 1.89. The van der Waals surface area contributed by atoms with Crippen molar-refractivity contribution in [1.29, 1.82) is 0 Å². The largest absolute Gasteiger partial charge is 0.454 e. The smallest absolute Gasteiger partial charge is 0.231 e. The minimum Gasteiger partial charge on any atom is -0.454 e. The molecule has 2 heterocycles. The summed E-state index contributed by atoms with van der Waals surface area (Å²) in [7, 11) is 0. The second-order valence-electron chi connectivity index (χ2n) is 4.92. The highest BCUT2D eigenvalue weighted by Gasteiger charge is 2.16. The summed E-state index contributed by atoms with van der Waals surface area (Å²) in [6, 6.07) is 15.7. The maximum Gasteiger partial charge on any atom is 0.231 e. The summed E-state index contributed by atoms with van der Waals surface area (Å²) in [5, 5.41) is 0. The number of fused-ring (bicyclic) bond motifs is 1. The lowest BCUT2D eigenvalue weighted by Gasteiger charge is -2.10. The lowest BCUT2D eigenvalue weighted by atomic mass is 10.0. The van der Waals surface area contributed by atoms with Gasteiger partial charge in [-0.3, -0.25) is 0 Å². The molecule has 0 atom stereocenters. The van der Waals surface area contributed by atoms with Crippen LogP contribution in [0.5, 0.6) is 11.5 Å². The van der Waals surface area contributed by atoms with Crippen LogP contribution in [0.25, 0.3) is 22.4 Å². The van der Waals surface area contributed by atoms with Crippen LogP contribution in [-0.2, 0) is 0 Å². The van der Waals surface area contributed by atoms with Gasteiger partial charge in [0.1, 0.15) is 0 Å². The summed E-state index contributed by atoms with van der Waals surface area (Å²) in [6.45, 7) is 0.253. The zero-order chi connectivity index (χ0) is 14.9. The van der Waals surface area contributed by atoms with Crippen LogP contribution in [0.2, 0.25) is 0 Å². The lowest BCUT2D eigenvalue weighted by molar-refractivity contribution is 0.174. The van der Waals surface area contributed by atoms with Crippen LogP contribution in [0, 0.1) is 0 Å². The quantitative estimate of drug-likeness (QED) is 0.785. The van der Waals surface area contributed by atoms with Crippen LogP contribution in [0.4, 0.5) is 5.95 Å². The molecule has 1 aliphatic heterocycles. The Hall–Kier alpha value is -3.08. The minimum absolute atomic E-state index is 0.253. The molecular weight excluding hydrogens is 278 g/mol. The van der Waals surface area contributed by atoms with Crippen LogP contribution in [0.15, 0.2) is 54.7 Å². The van der Waals surface area contributed by atoms with Crippen molar-refractivity contribution in [3.63, 3.8) is 0 Å². The molecule has 1 aliphatic rings.